The van der Waals surface area contributed by atoms with Crippen molar-refractivity contribution in [1.82, 2.24) is 5.32 Å². The smallest absolute Gasteiger partial charge is 0.119 e. The van der Waals surface area contributed by atoms with Crippen molar-refractivity contribution in [2.24, 2.45) is 0 Å². The molecule has 0 spiro atoms. The molecule has 0 amide bonds. The molecule has 0 aromatic heterocycles. The lowest BCUT2D eigenvalue weighted by atomic mass is 9.96. The summed E-state index contributed by atoms with van der Waals surface area (Å²) in [5.41, 5.74) is 5.14. The Kier molecular flexibility index (Phi) is 5.43. The van der Waals surface area contributed by atoms with Crippen molar-refractivity contribution in [3.8, 4) is 5.75 Å². The van der Waals surface area contributed by atoms with Gasteiger partial charge in [-0.25, -0.2) is 0 Å². The van der Waals surface area contributed by atoms with Gasteiger partial charge in [0.25, 0.3) is 0 Å². The average Bonchev–Trinajstić information content (AvgIpc) is 2.50. The summed E-state index contributed by atoms with van der Waals surface area (Å²) in [6.07, 6.45) is 0.939. The summed E-state index contributed by atoms with van der Waals surface area (Å²) in [6.45, 7) is 4.28. The van der Waals surface area contributed by atoms with E-state index < -0.39 is 0 Å². The molecule has 0 aliphatic rings. The number of benzene rings is 2. The number of hydrogen-bond acceptors (Lipinski definition) is 2. The van der Waals surface area contributed by atoms with Crippen LogP contribution in [0, 0.1) is 13.8 Å². The van der Waals surface area contributed by atoms with Crippen LogP contribution in [0.2, 0.25) is 0 Å². The molecule has 21 heavy (non-hydrogen) atoms. The number of aryl methyl sites for hydroxylation is 2. The second-order valence-corrected chi connectivity index (χ2v) is 6.16. The molecule has 1 atom stereocenters. The third-order valence-corrected chi connectivity index (χ3v) is 5.03. The number of hydrogen-bond donors (Lipinski definition) is 1. The van der Waals surface area contributed by atoms with Crippen molar-refractivity contribution in [2.45, 2.75) is 26.3 Å². The van der Waals surface area contributed by atoms with Gasteiger partial charge in [-0.05, 0) is 61.7 Å². The maximum Gasteiger partial charge on any atom is 0.119 e. The largest absolute Gasteiger partial charge is 0.497 e. The van der Waals surface area contributed by atoms with Gasteiger partial charge in [-0.1, -0.05) is 40.2 Å². The van der Waals surface area contributed by atoms with Crippen LogP contribution < -0.4 is 10.1 Å². The molecule has 0 aliphatic heterocycles. The molecule has 0 fully saturated rings. The van der Waals surface area contributed by atoms with Crippen molar-refractivity contribution in [1.29, 1.82) is 0 Å². The van der Waals surface area contributed by atoms with Gasteiger partial charge in [0, 0.05) is 10.5 Å². The molecule has 2 nitrogen and oxygen atoms in total. The van der Waals surface area contributed by atoms with Crippen molar-refractivity contribution in [3.05, 3.63) is 63.1 Å². The number of halogens is 1. The molecular formula is C18H22BrNO. The molecular weight excluding hydrogens is 326 g/mol. The maximum absolute atomic E-state index is 5.30. The van der Waals surface area contributed by atoms with E-state index in [0.29, 0.717) is 6.04 Å². The van der Waals surface area contributed by atoms with E-state index in [1.165, 1.54) is 26.7 Å². The Hall–Kier alpha value is -1.32. The maximum atomic E-state index is 5.30. The van der Waals surface area contributed by atoms with Gasteiger partial charge in [0.15, 0.2) is 0 Å². The van der Waals surface area contributed by atoms with Gasteiger partial charge < -0.3 is 10.1 Å². The molecule has 0 bridgehead atoms. The Bertz CT molecular complexity index is 601. The summed E-state index contributed by atoms with van der Waals surface area (Å²) in [4.78, 5) is 0. The van der Waals surface area contributed by atoms with Gasteiger partial charge in [0.2, 0.25) is 0 Å². The second kappa shape index (κ2) is 7.10. The summed E-state index contributed by atoms with van der Waals surface area (Å²) < 4.78 is 6.50. The van der Waals surface area contributed by atoms with Crippen LogP contribution in [0.4, 0.5) is 0 Å². The van der Waals surface area contributed by atoms with Crippen molar-refractivity contribution in [2.75, 3.05) is 14.2 Å². The molecule has 0 radical (unpaired) electrons. The van der Waals surface area contributed by atoms with Crippen LogP contribution in [0.15, 0.2) is 40.9 Å². The quantitative estimate of drug-likeness (QED) is 0.854. The van der Waals surface area contributed by atoms with E-state index in [2.05, 4.69) is 59.4 Å². The zero-order chi connectivity index (χ0) is 15.4. The first kappa shape index (κ1) is 16.1. The molecule has 0 heterocycles. The zero-order valence-corrected chi connectivity index (χ0v) is 14.6. The molecule has 0 saturated carbocycles. The fourth-order valence-corrected chi connectivity index (χ4v) is 2.83. The first-order chi connectivity index (χ1) is 10.0. The van der Waals surface area contributed by atoms with E-state index in [9.17, 15) is 0 Å². The lowest BCUT2D eigenvalue weighted by Gasteiger charge is -2.19. The van der Waals surface area contributed by atoms with Gasteiger partial charge >= 0.3 is 0 Å². The fraction of sp³-hybridized carbons (Fsp3) is 0.333. The molecule has 3 heteroatoms. The number of nitrogens with one attached hydrogen (secondary N) is 1. The van der Waals surface area contributed by atoms with Crippen LogP contribution >= 0.6 is 15.9 Å². The summed E-state index contributed by atoms with van der Waals surface area (Å²) in [6, 6.07) is 13.1. The van der Waals surface area contributed by atoms with E-state index in [4.69, 9.17) is 4.74 Å². The summed E-state index contributed by atoms with van der Waals surface area (Å²) >= 11 is 3.63. The van der Waals surface area contributed by atoms with Crippen LogP contribution in [0.3, 0.4) is 0 Å². The van der Waals surface area contributed by atoms with E-state index in [-0.39, 0.29) is 0 Å². The number of likely N-dealkylation sites (N-methyl/N-ethyl adjacent to an activating group) is 1. The van der Waals surface area contributed by atoms with E-state index in [1.54, 1.807) is 7.11 Å². The Labute approximate surface area is 135 Å². The van der Waals surface area contributed by atoms with Crippen LogP contribution in [-0.4, -0.2) is 14.2 Å². The minimum absolute atomic E-state index is 0.294. The first-order valence-corrected chi connectivity index (χ1v) is 7.91. The summed E-state index contributed by atoms with van der Waals surface area (Å²) in [7, 11) is 3.72. The van der Waals surface area contributed by atoms with E-state index in [0.717, 1.165) is 12.2 Å². The third kappa shape index (κ3) is 3.86. The monoisotopic (exact) mass is 347 g/mol. The van der Waals surface area contributed by atoms with Gasteiger partial charge in [0.1, 0.15) is 5.75 Å². The average molecular weight is 348 g/mol. The predicted molar refractivity (Wildman–Crippen MR) is 92.1 cm³/mol. The van der Waals surface area contributed by atoms with Crippen molar-refractivity contribution in [3.63, 3.8) is 0 Å². The third-order valence-electron chi connectivity index (χ3n) is 3.78. The Morgan fingerprint density at radius 1 is 1.14 bits per heavy atom. The fourth-order valence-electron chi connectivity index (χ4n) is 2.60. The lowest BCUT2D eigenvalue weighted by Crippen LogP contribution is -2.19. The van der Waals surface area contributed by atoms with Crippen LogP contribution in [0.1, 0.15) is 28.3 Å². The predicted octanol–water partition coefficient (Wildman–Crippen LogP) is 4.58. The first-order valence-electron chi connectivity index (χ1n) is 7.12. The number of methoxy groups -OCH3 is 1. The number of ether oxygens (including phenoxy) is 1. The zero-order valence-electron chi connectivity index (χ0n) is 13.0. The van der Waals surface area contributed by atoms with Crippen LogP contribution in [0.25, 0.3) is 0 Å². The lowest BCUT2D eigenvalue weighted by molar-refractivity contribution is 0.414. The molecule has 1 unspecified atom stereocenters. The van der Waals surface area contributed by atoms with Crippen molar-refractivity contribution < 1.29 is 4.74 Å². The van der Waals surface area contributed by atoms with E-state index in [1.807, 2.05) is 19.2 Å². The number of rotatable bonds is 5. The normalized spacial score (nSPS) is 12.2. The Morgan fingerprint density at radius 2 is 1.81 bits per heavy atom. The highest BCUT2D eigenvalue weighted by molar-refractivity contribution is 9.10. The van der Waals surface area contributed by atoms with Crippen LogP contribution in [-0.2, 0) is 6.42 Å². The Morgan fingerprint density at radius 3 is 2.38 bits per heavy atom. The molecule has 2 aromatic rings. The topological polar surface area (TPSA) is 21.3 Å². The second-order valence-electron chi connectivity index (χ2n) is 5.37. The van der Waals surface area contributed by atoms with Gasteiger partial charge in [-0.15, -0.1) is 0 Å². The Balaban J connectivity index is 2.27. The summed E-state index contributed by atoms with van der Waals surface area (Å²) in [5.74, 6) is 0.908. The van der Waals surface area contributed by atoms with Gasteiger partial charge in [-0.2, -0.15) is 0 Å². The highest BCUT2D eigenvalue weighted by Gasteiger charge is 2.13. The minimum Gasteiger partial charge on any atom is -0.497 e. The molecule has 0 aliphatic carbocycles. The van der Waals surface area contributed by atoms with Gasteiger partial charge in [0.05, 0.1) is 7.11 Å². The highest BCUT2D eigenvalue weighted by atomic mass is 79.9. The minimum atomic E-state index is 0.294. The summed E-state index contributed by atoms with van der Waals surface area (Å²) in [5, 5.41) is 3.42. The molecule has 2 aromatic carbocycles. The molecule has 0 saturated heterocycles. The highest BCUT2D eigenvalue weighted by Crippen LogP contribution is 2.27. The molecule has 112 valence electrons. The van der Waals surface area contributed by atoms with Crippen LogP contribution in [0.5, 0.6) is 5.75 Å². The SMILES string of the molecule is CNC(Cc1cccc(OC)c1)c1cc(C)c(Br)c(C)c1. The molecule has 1 N–H and O–H groups in total. The van der Waals surface area contributed by atoms with Gasteiger partial charge in [-0.3, -0.25) is 0 Å². The van der Waals surface area contributed by atoms with E-state index >= 15 is 0 Å². The molecule has 2 rings (SSSR count). The van der Waals surface area contributed by atoms with Crippen molar-refractivity contribution >= 4 is 15.9 Å². The standard InChI is InChI=1S/C18H22BrNO/c1-12-8-15(9-13(2)18(12)19)17(20-3)11-14-6-5-7-16(10-14)21-4/h5-10,17,20H,11H2,1-4H3.